The van der Waals surface area contributed by atoms with Crippen molar-refractivity contribution in [3.8, 4) is 0 Å². The van der Waals surface area contributed by atoms with Gasteiger partial charge in [-0.05, 0) is 25.1 Å². The van der Waals surface area contributed by atoms with Gasteiger partial charge < -0.3 is 15.1 Å². The molecule has 0 amide bonds. The second kappa shape index (κ2) is 8.66. The van der Waals surface area contributed by atoms with Crippen LogP contribution in [0.5, 0.6) is 0 Å². The summed E-state index contributed by atoms with van der Waals surface area (Å²) in [6, 6.07) is 13.5. The summed E-state index contributed by atoms with van der Waals surface area (Å²) in [5.41, 5.74) is 0.688. The van der Waals surface area contributed by atoms with E-state index in [4.69, 9.17) is 0 Å². The Hall–Kier alpha value is -2.34. The van der Waals surface area contributed by atoms with Crippen LogP contribution in [0.1, 0.15) is 12.0 Å². The fourth-order valence-corrected chi connectivity index (χ4v) is 5.78. The average molecular weight is 442 g/mol. The van der Waals surface area contributed by atoms with Crippen molar-refractivity contribution in [3.05, 3.63) is 66.5 Å². The van der Waals surface area contributed by atoms with Crippen molar-refractivity contribution in [2.24, 2.45) is 0 Å². The van der Waals surface area contributed by atoms with E-state index in [1.54, 1.807) is 48.8 Å². The maximum absolute atomic E-state index is 13.4. The first-order valence-electron chi connectivity index (χ1n) is 10.2. The van der Waals surface area contributed by atoms with Crippen molar-refractivity contribution >= 4 is 33.0 Å². The van der Waals surface area contributed by atoms with Gasteiger partial charge >= 0.3 is 6.75 Å². The minimum atomic E-state index is -3.68. The summed E-state index contributed by atoms with van der Waals surface area (Å²) < 4.78 is 28.3. The molecule has 1 fully saturated rings. The number of sulfonamides is 1. The molecule has 0 unspecified atom stereocenters. The van der Waals surface area contributed by atoms with Gasteiger partial charge in [0.15, 0.2) is 0 Å². The number of nitrogens with zero attached hydrogens (tertiary/aromatic N) is 3. The normalized spacial score (nSPS) is 17.0. The zero-order valence-electron chi connectivity index (χ0n) is 17.0. The van der Waals surface area contributed by atoms with Crippen LogP contribution in [0.4, 0.5) is 0 Å². The average Bonchev–Trinajstić information content (AvgIpc) is 2.99. The van der Waals surface area contributed by atoms with Crippen molar-refractivity contribution in [2.75, 3.05) is 26.2 Å². The van der Waals surface area contributed by atoms with Crippen LogP contribution < -0.4 is 5.46 Å². The Labute approximate surface area is 181 Å². The van der Waals surface area contributed by atoms with Gasteiger partial charge in [0.2, 0.25) is 10.0 Å². The molecule has 31 heavy (non-hydrogen) atoms. The molecule has 1 aliphatic heterocycles. The van der Waals surface area contributed by atoms with Gasteiger partial charge in [-0.3, -0.25) is 9.88 Å². The summed E-state index contributed by atoms with van der Waals surface area (Å²) in [4.78, 5) is 6.41. The van der Waals surface area contributed by atoms with E-state index in [9.17, 15) is 23.5 Å². The highest BCUT2D eigenvalue weighted by Crippen LogP contribution is 2.26. The van der Waals surface area contributed by atoms with E-state index in [1.165, 1.54) is 10.4 Å². The van der Waals surface area contributed by atoms with E-state index in [2.05, 4.69) is 9.88 Å². The molecule has 0 bridgehead atoms. The predicted octanol–water partition coefficient (Wildman–Crippen LogP) is 0.254. The lowest BCUT2D eigenvalue weighted by molar-refractivity contribution is 0.247. The Balaban J connectivity index is 1.53. The van der Waals surface area contributed by atoms with Crippen molar-refractivity contribution in [2.45, 2.75) is 17.9 Å². The van der Waals surface area contributed by atoms with Crippen molar-refractivity contribution < 1.29 is 23.5 Å². The summed E-state index contributed by atoms with van der Waals surface area (Å²) in [6.45, 7) is -1.35. The third kappa shape index (κ3) is 4.64. The van der Waals surface area contributed by atoms with Crippen molar-refractivity contribution in [1.82, 2.24) is 14.2 Å². The van der Waals surface area contributed by atoms with Crippen LogP contribution in [-0.4, -0.2) is 70.6 Å². The molecule has 0 aliphatic carbocycles. The molecule has 3 N–H and O–H groups in total. The first-order valence-corrected chi connectivity index (χ1v) is 11.7. The smallest absolute Gasteiger partial charge is 0.402 e. The number of hydrogen-bond donors (Lipinski definition) is 3. The van der Waals surface area contributed by atoms with Gasteiger partial charge in [-0.15, -0.1) is 5.46 Å². The summed E-state index contributed by atoms with van der Waals surface area (Å²) in [6.07, 6.45) is 3.89. The fraction of sp³-hybridized carbons (Fsp3) is 0.286. The minimum Gasteiger partial charge on any atom is -0.556 e. The predicted molar refractivity (Wildman–Crippen MR) is 119 cm³/mol. The SMILES string of the molecule is O=S(=O)(c1cccc2cnccc12)N1CCCN(Cc2ccccc2[B-](O)(O)O)CC1. The number of benzene rings is 2. The van der Waals surface area contributed by atoms with Crippen molar-refractivity contribution in [1.29, 1.82) is 0 Å². The molecule has 8 nitrogen and oxygen atoms in total. The van der Waals surface area contributed by atoms with Crippen LogP contribution in [-0.2, 0) is 16.6 Å². The third-order valence-electron chi connectivity index (χ3n) is 5.67. The first kappa shape index (κ1) is 21.9. The van der Waals surface area contributed by atoms with Crippen LogP contribution in [0.25, 0.3) is 10.8 Å². The van der Waals surface area contributed by atoms with Crippen LogP contribution >= 0.6 is 0 Å². The summed E-state index contributed by atoms with van der Waals surface area (Å²) in [5, 5.41) is 30.5. The number of fused-ring (bicyclic) bond motifs is 1. The summed E-state index contributed by atoms with van der Waals surface area (Å²) >= 11 is 0. The standard InChI is InChI=1S/C21H25BN3O5S/c26-22(27,28)20-7-2-1-5-18(20)16-24-11-4-12-25(14-13-24)31(29,30)21-8-3-6-17-15-23-10-9-19(17)21/h1-3,5-10,15,26-28H,4,11-14,16H2/q-1. The molecular formula is C21H25BN3O5S-. The topological polar surface area (TPSA) is 114 Å². The molecule has 1 aromatic heterocycles. The first-order chi connectivity index (χ1) is 14.8. The van der Waals surface area contributed by atoms with Gasteiger partial charge in [0.05, 0.1) is 4.90 Å². The molecule has 2 heterocycles. The monoisotopic (exact) mass is 442 g/mol. The highest BCUT2D eigenvalue weighted by molar-refractivity contribution is 7.89. The van der Waals surface area contributed by atoms with Gasteiger partial charge in [-0.2, -0.15) is 4.31 Å². The van der Waals surface area contributed by atoms with Gasteiger partial charge in [0.25, 0.3) is 0 Å². The Kier molecular flexibility index (Phi) is 6.11. The molecule has 4 rings (SSSR count). The van der Waals surface area contributed by atoms with Crippen LogP contribution in [0.2, 0.25) is 0 Å². The van der Waals surface area contributed by atoms with Crippen molar-refractivity contribution in [3.63, 3.8) is 0 Å². The fourth-order valence-electron chi connectivity index (χ4n) is 4.10. The lowest BCUT2D eigenvalue weighted by atomic mass is 9.68. The molecule has 0 atom stereocenters. The second-order valence-electron chi connectivity index (χ2n) is 7.82. The molecule has 1 saturated heterocycles. The summed E-state index contributed by atoms with van der Waals surface area (Å²) in [7, 11) is -3.68. The summed E-state index contributed by atoms with van der Waals surface area (Å²) in [5.74, 6) is 0. The lowest BCUT2D eigenvalue weighted by Gasteiger charge is -2.28. The van der Waals surface area contributed by atoms with E-state index in [0.717, 1.165) is 5.39 Å². The largest absolute Gasteiger partial charge is 0.556 e. The Morgan fingerprint density at radius 3 is 2.55 bits per heavy atom. The molecule has 10 heteroatoms. The maximum Gasteiger partial charge on any atom is 0.402 e. The molecular weight excluding hydrogens is 417 g/mol. The van der Waals surface area contributed by atoms with E-state index in [0.29, 0.717) is 50.1 Å². The Morgan fingerprint density at radius 2 is 1.74 bits per heavy atom. The second-order valence-corrected chi connectivity index (χ2v) is 9.73. The molecule has 2 aromatic carbocycles. The van der Waals surface area contributed by atoms with E-state index < -0.39 is 16.8 Å². The minimum absolute atomic E-state index is 0.0839. The highest BCUT2D eigenvalue weighted by Gasteiger charge is 2.29. The molecule has 1 aliphatic rings. The number of pyridine rings is 1. The molecule has 3 aromatic rings. The highest BCUT2D eigenvalue weighted by atomic mass is 32.2. The van der Waals surface area contributed by atoms with Crippen LogP contribution in [0.15, 0.2) is 65.8 Å². The number of rotatable bonds is 5. The zero-order valence-corrected chi connectivity index (χ0v) is 17.8. The maximum atomic E-state index is 13.4. The quantitative estimate of drug-likeness (QED) is 0.486. The van der Waals surface area contributed by atoms with Crippen LogP contribution in [0, 0.1) is 0 Å². The van der Waals surface area contributed by atoms with E-state index in [1.807, 2.05) is 6.07 Å². The Bertz CT molecular complexity index is 1180. The zero-order chi connectivity index (χ0) is 22.1. The lowest BCUT2D eigenvalue weighted by Crippen LogP contribution is -2.51. The third-order valence-corrected chi connectivity index (χ3v) is 7.63. The van der Waals surface area contributed by atoms with E-state index in [-0.39, 0.29) is 10.4 Å². The molecule has 164 valence electrons. The van der Waals surface area contributed by atoms with Gasteiger partial charge in [-0.25, -0.2) is 8.42 Å². The Morgan fingerprint density at radius 1 is 0.935 bits per heavy atom. The van der Waals surface area contributed by atoms with Gasteiger partial charge in [-0.1, -0.05) is 42.0 Å². The number of hydrogen-bond acceptors (Lipinski definition) is 7. The van der Waals surface area contributed by atoms with Crippen LogP contribution in [0.3, 0.4) is 0 Å². The molecule has 0 radical (unpaired) electrons. The van der Waals surface area contributed by atoms with Gasteiger partial charge in [0.1, 0.15) is 0 Å². The van der Waals surface area contributed by atoms with Gasteiger partial charge in [0, 0.05) is 49.3 Å². The van der Waals surface area contributed by atoms with E-state index >= 15 is 0 Å². The molecule has 0 spiro atoms. The number of aromatic nitrogens is 1. The molecule has 0 saturated carbocycles.